The number of fused-ring (bicyclic) bond motifs is 1. The standard InChI is InChI=1S/C26H33N7/c1-4-27-26(29-13-8-15-33-21(3)31-24-11-5-6-12-25(24)33)30-18-22-9-7-10-23(17-22)19-32-16-14-28-20(32)2/h5-7,9-12,14,16-17H,4,8,13,15,18-19H2,1-3H3,(H2,27,29,30). The van der Waals surface area contributed by atoms with E-state index < -0.39 is 0 Å². The van der Waals surface area contributed by atoms with Gasteiger partial charge in [0, 0.05) is 38.6 Å². The fraction of sp³-hybridized carbons (Fsp3) is 0.346. The second-order valence-corrected chi connectivity index (χ2v) is 8.20. The minimum Gasteiger partial charge on any atom is -0.357 e. The molecule has 0 spiro atoms. The molecule has 0 unspecified atom stereocenters. The predicted octanol–water partition coefficient (Wildman–Crippen LogP) is 4.04. The van der Waals surface area contributed by atoms with Crippen LogP contribution in [0.4, 0.5) is 0 Å². The summed E-state index contributed by atoms with van der Waals surface area (Å²) in [6.45, 7) is 10.2. The molecule has 172 valence electrons. The number of aromatic nitrogens is 4. The minimum atomic E-state index is 0.636. The molecule has 0 bridgehead atoms. The molecule has 0 aliphatic carbocycles. The molecule has 2 aromatic heterocycles. The van der Waals surface area contributed by atoms with Gasteiger partial charge in [0.25, 0.3) is 0 Å². The number of imidazole rings is 2. The molecule has 4 aromatic rings. The van der Waals surface area contributed by atoms with Crippen LogP contribution in [0, 0.1) is 13.8 Å². The Morgan fingerprint density at radius 1 is 1.00 bits per heavy atom. The Kier molecular flexibility index (Phi) is 7.40. The summed E-state index contributed by atoms with van der Waals surface area (Å²) in [7, 11) is 0. The van der Waals surface area contributed by atoms with Gasteiger partial charge in [-0.25, -0.2) is 15.0 Å². The van der Waals surface area contributed by atoms with Crippen molar-refractivity contribution in [2.45, 2.75) is 46.8 Å². The van der Waals surface area contributed by atoms with E-state index in [1.165, 1.54) is 16.6 Å². The number of guanidine groups is 1. The SMILES string of the molecule is CCNC(=NCc1cccc(Cn2ccnc2C)c1)NCCCn1c(C)nc2ccccc21. The molecule has 0 saturated carbocycles. The maximum Gasteiger partial charge on any atom is 0.191 e. The van der Waals surface area contributed by atoms with E-state index in [4.69, 9.17) is 4.99 Å². The van der Waals surface area contributed by atoms with Crippen LogP contribution in [-0.4, -0.2) is 38.2 Å². The van der Waals surface area contributed by atoms with Crippen LogP contribution in [0.2, 0.25) is 0 Å². The fourth-order valence-electron chi connectivity index (χ4n) is 4.03. The molecule has 0 aliphatic heterocycles. The van der Waals surface area contributed by atoms with Crippen molar-refractivity contribution in [2.75, 3.05) is 13.1 Å². The Morgan fingerprint density at radius 3 is 2.67 bits per heavy atom. The Morgan fingerprint density at radius 2 is 1.85 bits per heavy atom. The van der Waals surface area contributed by atoms with Crippen LogP contribution in [0.25, 0.3) is 11.0 Å². The van der Waals surface area contributed by atoms with Crippen molar-refractivity contribution >= 4 is 17.0 Å². The van der Waals surface area contributed by atoms with E-state index in [1.54, 1.807) is 0 Å². The first kappa shape index (κ1) is 22.6. The molecule has 0 aliphatic rings. The molecule has 7 heteroatoms. The number of hydrogen-bond donors (Lipinski definition) is 2. The van der Waals surface area contributed by atoms with E-state index in [1.807, 2.05) is 25.4 Å². The molecule has 7 nitrogen and oxygen atoms in total. The third-order valence-corrected chi connectivity index (χ3v) is 5.73. The van der Waals surface area contributed by atoms with Crippen molar-refractivity contribution in [1.29, 1.82) is 0 Å². The second-order valence-electron chi connectivity index (χ2n) is 8.20. The first-order valence-electron chi connectivity index (χ1n) is 11.6. The number of benzene rings is 2. The molecule has 2 N–H and O–H groups in total. The van der Waals surface area contributed by atoms with Gasteiger partial charge >= 0.3 is 0 Å². The molecular weight excluding hydrogens is 410 g/mol. The average molecular weight is 444 g/mol. The van der Waals surface area contributed by atoms with Gasteiger partial charge in [-0.05, 0) is 50.5 Å². The van der Waals surface area contributed by atoms with E-state index in [-0.39, 0.29) is 0 Å². The van der Waals surface area contributed by atoms with Gasteiger partial charge in [-0.15, -0.1) is 0 Å². The van der Waals surface area contributed by atoms with Crippen molar-refractivity contribution in [1.82, 2.24) is 29.7 Å². The molecular formula is C26H33N7. The van der Waals surface area contributed by atoms with Gasteiger partial charge in [-0.3, -0.25) is 0 Å². The van der Waals surface area contributed by atoms with Crippen molar-refractivity contribution in [3.63, 3.8) is 0 Å². The van der Waals surface area contributed by atoms with Crippen molar-refractivity contribution in [2.24, 2.45) is 4.99 Å². The van der Waals surface area contributed by atoms with Gasteiger partial charge in [0.1, 0.15) is 11.6 Å². The average Bonchev–Trinajstić information content (AvgIpc) is 3.37. The monoisotopic (exact) mass is 443 g/mol. The smallest absolute Gasteiger partial charge is 0.191 e. The van der Waals surface area contributed by atoms with Crippen molar-refractivity contribution in [3.05, 3.63) is 83.7 Å². The summed E-state index contributed by atoms with van der Waals surface area (Å²) < 4.78 is 4.44. The molecule has 4 rings (SSSR count). The molecule has 0 fully saturated rings. The van der Waals surface area contributed by atoms with Crippen LogP contribution in [0.1, 0.15) is 36.1 Å². The lowest BCUT2D eigenvalue weighted by Gasteiger charge is -2.13. The highest BCUT2D eigenvalue weighted by atomic mass is 15.2. The molecule has 2 heterocycles. The Labute approximate surface area is 195 Å². The maximum absolute atomic E-state index is 4.80. The van der Waals surface area contributed by atoms with Crippen LogP contribution < -0.4 is 10.6 Å². The largest absolute Gasteiger partial charge is 0.357 e. The highest BCUT2D eigenvalue weighted by Gasteiger charge is 2.06. The first-order valence-corrected chi connectivity index (χ1v) is 11.6. The maximum atomic E-state index is 4.80. The summed E-state index contributed by atoms with van der Waals surface area (Å²) in [6.07, 6.45) is 4.85. The topological polar surface area (TPSA) is 72.1 Å². The zero-order valence-corrected chi connectivity index (χ0v) is 19.8. The molecule has 0 amide bonds. The van der Waals surface area contributed by atoms with Gasteiger partial charge in [0.2, 0.25) is 0 Å². The predicted molar refractivity (Wildman–Crippen MR) is 134 cm³/mol. The van der Waals surface area contributed by atoms with Crippen LogP contribution in [-0.2, 0) is 19.6 Å². The number of nitrogens with zero attached hydrogens (tertiary/aromatic N) is 5. The van der Waals surface area contributed by atoms with E-state index in [0.717, 1.165) is 55.7 Å². The fourth-order valence-corrected chi connectivity index (χ4v) is 4.03. The normalized spacial score (nSPS) is 11.8. The van der Waals surface area contributed by atoms with Crippen LogP contribution >= 0.6 is 0 Å². The minimum absolute atomic E-state index is 0.636. The van der Waals surface area contributed by atoms with Gasteiger partial charge in [-0.2, -0.15) is 0 Å². The summed E-state index contributed by atoms with van der Waals surface area (Å²) in [5, 5.41) is 6.83. The van der Waals surface area contributed by atoms with Gasteiger partial charge in [0.05, 0.1) is 17.6 Å². The molecule has 0 atom stereocenters. The van der Waals surface area contributed by atoms with Crippen molar-refractivity contribution < 1.29 is 0 Å². The van der Waals surface area contributed by atoms with E-state index in [2.05, 4.69) is 86.0 Å². The highest BCUT2D eigenvalue weighted by molar-refractivity contribution is 5.79. The van der Waals surface area contributed by atoms with E-state index in [9.17, 15) is 0 Å². The summed E-state index contributed by atoms with van der Waals surface area (Å²) in [5.74, 6) is 2.93. The lowest BCUT2D eigenvalue weighted by Crippen LogP contribution is -2.38. The van der Waals surface area contributed by atoms with Crippen LogP contribution in [0.3, 0.4) is 0 Å². The van der Waals surface area contributed by atoms with Crippen molar-refractivity contribution in [3.8, 4) is 0 Å². The number of aliphatic imine (C=N–C) groups is 1. The lowest BCUT2D eigenvalue weighted by atomic mass is 10.1. The Balaban J connectivity index is 1.32. The number of aryl methyl sites for hydroxylation is 3. The summed E-state index contributed by atoms with van der Waals surface area (Å²) in [5.41, 5.74) is 4.71. The summed E-state index contributed by atoms with van der Waals surface area (Å²) in [4.78, 5) is 13.8. The zero-order chi connectivity index (χ0) is 23.0. The number of rotatable bonds is 9. The van der Waals surface area contributed by atoms with Gasteiger partial charge in [0.15, 0.2) is 5.96 Å². The second kappa shape index (κ2) is 10.8. The highest BCUT2D eigenvalue weighted by Crippen LogP contribution is 2.15. The first-order chi connectivity index (χ1) is 16.1. The number of nitrogens with one attached hydrogen (secondary N) is 2. The number of hydrogen-bond acceptors (Lipinski definition) is 3. The third kappa shape index (κ3) is 5.80. The number of para-hydroxylation sites is 2. The lowest BCUT2D eigenvalue weighted by molar-refractivity contribution is 0.624. The van der Waals surface area contributed by atoms with E-state index in [0.29, 0.717) is 6.54 Å². The molecule has 33 heavy (non-hydrogen) atoms. The van der Waals surface area contributed by atoms with Crippen LogP contribution in [0.15, 0.2) is 65.9 Å². The molecule has 0 saturated heterocycles. The third-order valence-electron chi connectivity index (χ3n) is 5.73. The summed E-state index contributed by atoms with van der Waals surface area (Å²) in [6, 6.07) is 16.9. The van der Waals surface area contributed by atoms with Gasteiger partial charge in [-0.1, -0.05) is 36.4 Å². The Hall–Kier alpha value is -3.61. The van der Waals surface area contributed by atoms with Gasteiger partial charge < -0.3 is 19.8 Å². The molecule has 2 aromatic carbocycles. The van der Waals surface area contributed by atoms with Crippen LogP contribution in [0.5, 0.6) is 0 Å². The molecule has 0 radical (unpaired) electrons. The quantitative estimate of drug-likeness (QED) is 0.233. The summed E-state index contributed by atoms with van der Waals surface area (Å²) >= 11 is 0. The Bertz CT molecular complexity index is 1220. The van der Waals surface area contributed by atoms with E-state index >= 15 is 0 Å². The zero-order valence-electron chi connectivity index (χ0n) is 19.8.